The fourth-order valence-corrected chi connectivity index (χ4v) is 8.37. The second-order valence-corrected chi connectivity index (χ2v) is 15.5. The highest BCUT2D eigenvalue weighted by atomic mass is 16.2. The zero-order valence-electron chi connectivity index (χ0n) is 33.6. The van der Waals surface area contributed by atoms with Crippen molar-refractivity contribution in [2.24, 2.45) is 0 Å². The van der Waals surface area contributed by atoms with Crippen LogP contribution in [0.3, 0.4) is 0 Å². The fraction of sp³-hybridized carbons (Fsp3) is 0.545. The van der Waals surface area contributed by atoms with Gasteiger partial charge in [0.15, 0.2) is 0 Å². The Morgan fingerprint density at radius 1 is 0.483 bits per heavy atom. The van der Waals surface area contributed by atoms with E-state index in [-0.39, 0.29) is 24.9 Å². The summed E-state index contributed by atoms with van der Waals surface area (Å²) < 4.78 is 0. The van der Waals surface area contributed by atoms with E-state index in [2.05, 4.69) is 42.1 Å². The molecule has 4 heterocycles. The third-order valence-electron chi connectivity index (χ3n) is 11.6. The number of benzene rings is 2. The van der Waals surface area contributed by atoms with E-state index in [4.69, 9.17) is 12.8 Å². The number of amides is 6. The largest absolute Gasteiger partial charge is 0.356 e. The van der Waals surface area contributed by atoms with Crippen LogP contribution in [0.1, 0.15) is 92.8 Å². The summed E-state index contributed by atoms with van der Waals surface area (Å²) in [6, 6.07) is 6.53. The average Bonchev–Trinajstić information content (AvgIpc) is 3.24. The molecule has 2 aromatic rings. The van der Waals surface area contributed by atoms with Crippen LogP contribution in [0.5, 0.6) is 0 Å². The molecular weight excluding hydrogens is 737 g/mol. The molecule has 2 fully saturated rings. The van der Waals surface area contributed by atoms with Crippen LogP contribution in [0.15, 0.2) is 24.3 Å². The van der Waals surface area contributed by atoms with Crippen molar-refractivity contribution in [3.05, 3.63) is 46.5 Å². The van der Waals surface area contributed by atoms with Gasteiger partial charge in [-0.3, -0.25) is 38.6 Å². The van der Waals surface area contributed by atoms with Gasteiger partial charge in [0.1, 0.15) is 0 Å². The van der Waals surface area contributed by atoms with Gasteiger partial charge >= 0.3 is 0 Å². The minimum atomic E-state index is -0.400. The summed E-state index contributed by atoms with van der Waals surface area (Å²) in [5.74, 6) is 3.34. The van der Waals surface area contributed by atoms with Crippen LogP contribution in [0.25, 0.3) is 10.8 Å². The third kappa shape index (κ3) is 10.3. The molecule has 2 aromatic carbocycles. The van der Waals surface area contributed by atoms with Crippen LogP contribution >= 0.6 is 0 Å². The van der Waals surface area contributed by atoms with Gasteiger partial charge in [-0.05, 0) is 76.1 Å². The lowest BCUT2D eigenvalue weighted by atomic mass is 9.86. The van der Waals surface area contributed by atoms with Gasteiger partial charge in [-0.2, -0.15) is 0 Å². The van der Waals surface area contributed by atoms with Crippen molar-refractivity contribution in [3.63, 3.8) is 0 Å². The monoisotopic (exact) mass is 792 g/mol. The van der Waals surface area contributed by atoms with Gasteiger partial charge in [0.25, 0.3) is 23.6 Å². The molecule has 6 rings (SSSR count). The quantitative estimate of drug-likeness (QED) is 0.116. The Bertz CT molecular complexity index is 1740. The van der Waals surface area contributed by atoms with Crippen LogP contribution in [-0.4, -0.2) is 170 Å². The molecule has 2 saturated heterocycles. The second-order valence-electron chi connectivity index (χ2n) is 15.5. The van der Waals surface area contributed by atoms with Crippen LogP contribution < -0.4 is 10.6 Å². The second kappa shape index (κ2) is 20.5. The van der Waals surface area contributed by atoms with Crippen LogP contribution in [0, 0.1) is 24.7 Å². The van der Waals surface area contributed by atoms with E-state index in [0.29, 0.717) is 84.6 Å². The number of rotatable bonds is 20. The summed E-state index contributed by atoms with van der Waals surface area (Å²) in [4.78, 5) is 90.7. The van der Waals surface area contributed by atoms with Crippen LogP contribution in [0.4, 0.5) is 0 Å². The zero-order valence-corrected chi connectivity index (χ0v) is 33.6. The van der Waals surface area contributed by atoms with Gasteiger partial charge in [0.05, 0.1) is 0 Å². The minimum absolute atomic E-state index is 0.00991. The number of nitrogens with zero attached hydrogens (tertiary/aromatic N) is 6. The Kier molecular flexibility index (Phi) is 15.0. The summed E-state index contributed by atoms with van der Waals surface area (Å²) >= 11 is 0. The molecule has 6 amide bonds. The molecule has 308 valence electrons. The van der Waals surface area contributed by atoms with Crippen molar-refractivity contribution in [2.75, 3.05) is 105 Å². The molecule has 0 spiro atoms. The Labute approximate surface area is 341 Å². The number of hydrogen-bond donors (Lipinski definition) is 2. The predicted molar refractivity (Wildman–Crippen MR) is 221 cm³/mol. The molecule has 14 nitrogen and oxygen atoms in total. The first-order chi connectivity index (χ1) is 28.2. The van der Waals surface area contributed by atoms with E-state index in [1.165, 1.54) is 9.80 Å². The molecule has 2 N–H and O–H groups in total. The van der Waals surface area contributed by atoms with Crippen molar-refractivity contribution in [2.45, 2.75) is 51.4 Å². The van der Waals surface area contributed by atoms with Gasteiger partial charge in [0, 0.05) is 137 Å². The Hall–Kier alpha value is -5.12. The molecule has 0 bridgehead atoms. The topological polar surface area (TPSA) is 146 Å². The molecule has 0 aliphatic carbocycles. The summed E-state index contributed by atoms with van der Waals surface area (Å²) in [6.07, 6.45) is 15.1. The van der Waals surface area contributed by atoms with Gasteiger partial charge in [-0.25, -0.2) is 0 Å². The smallest absolute Gasteiger partial charge is 0.261 e. The molecule has 4 aliphatic rings. The first-order valence-electron chi connectivity index (χ1n) is 20.8. The number of carbonyl (C=O) groups excluding carboxylic acids is 6. The summed E-state index contributed by atoms with van der Waals surface area (Å²) in [7, 11) is 0. The predicted octanol–water partition coefficient (Wildman–Crippen LogP) is 1.89. The number of terminal acetylenes is 2. The van der Waals surface area contributed by atoms with Crippen molar-refractivity contribution in [1.29, 1.82) is 0 Å². The lowest BCUT2D eigenvalue weighted by molar-refractivity contribution is -0.121. The van der Waals surface area contributed by atoms with E-state index in [1.54, 1.807) is 24.3 Å². The van der Waals surface area contributed by atoms with Crippen molar-refractivity contribution in [1.82, 2.24) is 40.0 Å². The summed E-state index contributed by atoms with van der Waals surface area (Å²) in [5.41, 5.74) is 1.37. The number of carbonyl (C=O) groups is 6. The van der Waals surface area contributed by atoms with E-state index >= 15 is 0 Å². The summed E-state index contributed by atoms with van der Waals surface area (Å²) in [6.45, 7) is 12.3. The molecule has 14 heteroatoms. The number of nitrogens with one attached hydrogen (secondary N) is 2. The maximum Gasteiger partial charge on any atom is 0.261 e. The molecule has 58 heavy (non-hydrogen) atoms. The Morgan fingerprint density at radius 2 is 0.776 bits per heavy atom. The SMILES string of the molecule is C#CCCC(=O)NCCCN1CCN(CCCN2C(=O)c3ccc4c5c(ccc(c35)C2=O)C(=O)N(CCCN2CCN(CCCNC(=O)CCC#C)CC2)C4=O)CC1. The lowest BCUT2D eigenvalue weighted by Gasteiger charge is -2.36. The van der Waals surface area contributed by atoms with Crippen molar-refractivity contribution >= 4 is 46.2 Å². The number of piperazine rings is 2. The first-order valence-corrected chi connectivity index (χ1v) is 20.8. The van der Waals surface area contributed by atoms with Crippen LogP contribution in [-0.2, 0) is 9.59 Å². The van der Waals surface area contributed by atoms with Gasteiger partial charge < -0.3 is 30.2 Å². The fourth-order valence-electron chi connectivity index (χ4n) is 8.37. The van der Waals surface area contributed by atoms with E-state index in [1.807, 2.05) is 0 Å². The van der Waals surface area contributed by atoms with Crippen LogP contribution in [0.2, 0.25) is 0 Å². The normalized spacial score (nSPS) is 17.8. The third-order valence-corrected chi connectivity index (χ3v) is 11.6. The summed E-state index contributed by atoms with van der Waals surface area (Å²) in [5, 5.41) is 6.62. The number of hydrogen-bond acceptors (Lipinski definition) is 10. The lowest BCUT2D eigenvalue weighted by Crippen LogP contribution is -2.48. The van der Waals surface area contributed by atoms with Crippen molar-refractivity contribution in [3.8, 4) is 24.7 Å². The van der Waals surface area contributed by atoms with E-state index in [9.17, 15) is 28.8 Å². The van der Waals surface area contributed by atoms with Gasteiger partial charge in [-0.15, -0.1) is 24.7 Å². The van der Waals surface area contributed by atoms with E-state index < -0.39 is 23.6 Å². The molecule has 0 aromatic heterocycles. The Balaban J connectivity index is 0.944. The zero-order chi connectivity index (χ0) is 41.0. The van der Waals surface area contributed by atoms with Gasteiger partial charge in [-0.1, -0.05) is 0 Å². The highest BCUT2D eigenvalue weighted by Crippen LogP contribution is 2.38. The highest BCUT2D eigenvalue weighted by molar-refractivity contribution is 6.33. The molecule has 0 saturated carbocycles. The standard InChI is InChI=1S/C44H56N8O6/c1-3-5-11-37(53)45-17-7-19-47-25-29-49(30-26-47)21-9-23-51-41(55)33-13-15-35-40-36(16-14-34(39(33)40)42(51)56)44(58)52(43(35)57)24-10-22-50-31-27-48(28-32-50)20-8-18-46-38(54)12-6-4-2/h1-2,13-16H,5-12,17-32H2,(H,45,53)(H,46,54). The molecular formula is C44H56N8O6. The molecule has 0 atom stereocenters. The minimum Gasteiger partial charge on any atom is -0.356 e. The average molecular weight is 793 g/mol. The van der Waals surface area contributed by atoms with E-state index in [0.717, 1.165) is 91.4 Å². The number of imide groups is 2. The maximum atomic E-state index is 13.8. The molecule has 4 aliphatic heterocycles. The Morgan fingerprint density at radius 3 is 1.07 bits per heavy atom. The molecule has 0 unspecified atom stereocenters. The van der Waals surface area contributed by atoms with Gasteiger partial charge in [0.2, 0.25) is 11.8 Å². The molecule has 0 radical (unpaired) electrons. The first kappa shape index (κ1) is 42.5. The highest BCUT2D eigenvalue weighted by Gasteiger charge is 2.39. The van der Waals surface area contributed by atoms with Crippen molar-refractivity contribution < 1.29 is 28.8 Å². The maximum absolute atomic E-state index is 13.8.